The van der Waals surface area contributed by atoms with Crippen molar-refractivity contribution in [3.8, 4) is 11.5 Å². The number of pyridine rings is 1. The molecule has 0 bridgehead atoms. The van der Waals surface area contributed by atoms with E-state index < -0.39 is 0 Å². The summed E-state index contributed by atoms with van der Waals surface area (Å²) in [6.45, 7) is 3.79. The number of ether oxygens (including phenoxy) is 2. The van der Waals surface area contributed by atoms with Gasteiger partial charge >= 0.3 is 0 Å². The Morgan fingerprint density at radius 2 is 2.00 bits per heavy atom. The summed E-state index contributed by atoms with van der Waals surface area (Å²) in [4.78, 5) is 4.35. The van der Waals surface area contributed by atoms with Gasteiger partial charge in [-0.1, -0.05) is 6.07 Å². The minimum absolute atomic E-state index is 0.562. The first-order valence-corrected chi connectivity index (χ1v) is 6.57. The third-order valence-electron chi connectivity index (χ3n) is 3.28. The molecule has 5 nitrogen and oxygen atoms in total. The molecule has 1 aromatic heterocycles. The maximum Gasteiger partial charge on any atom is 0.163 e. The Kier molecular flexibility index (Phi) is 3.33. The summed E-state index contributed by atoms with van der Waals surface area (Å²) in [5, 5.41) is 3.30. The predicted octanol–water partition coefficient (Wildman–Crippen LogP) is 2.36. The SMILES string of the molecule is Cc1cccnc1CNc1cc2c(cc1N)OCCO2. The van der Waals surface area contributed by atoms with Crippen LogP contribution in [0.1, 0.15) is 11.3 Å². The van der Waals surface area contributed by atoms with Gasteiger partial charge in [0.25, 0.3) is 0 Å². The normalized spacial score (nSPS) is 13.1. The van der Waals surface area contributed by atoms with Crippen LogP contribution in [0, 0.1) is 6.92 Å². The number of hydrogen-bond donors (Lipinski definition) is 2. The summed E-state index contributed by atoms with van der Waals surface area (Å²) in [6, 6.07) is 7.64. The molecule has 2 aromatic rings. The maximum absolute atomic E-state index is 6.03. The minimum atomic E-state index is 0.562. The van der Waals surface area contributed by atoms with Gasteiger partial charge in [-0.15, -0.1) is 0 Å². The van der Waals surface area contributed by atoms with Gasteiger partial charge in [-0.05, 0) is 18.6 Å². The van der Waals surface area contributed by atoms with E-state index in [4.69, 9.17) is 15.2 Å². The lowest BCUT2D eigenvalue weighted by atomic mass is 10.2. The number of aromatic nitrogens is 1. The van der Waals surface area contributed by atoms with Crippen molar-refractivity contribution >= 4 is 11.4 Å². The molecule has 0 amide bonds. The van der Waals surface area contributed by atoms with Crippen LogP contribution in [0.15, 0.2) is 30.5 Å². The van der Waals surface area contributed by atoms with E-state index in [0.717, 1.165) is 22.7 Å². The van der Waals surface area contributed by atoms with E-state index in [1.807, 2.05) is 25.1 Å². The molecule has 1 aliphatic rings. The van der Waals surface area contributed by atoms with Gasteiger partial charge in [0, 0.05) is 18.3 Å². The van der Waals surface area contributed by atoms with Crippen molar-refractivity contribution in [2.75, 3.05) is 24.3 Å². The lowest BCUT2D eigenvalue weighted by molar-refractivity contribution is 0.172. The molecule has 0 unspecified atom stereocenters. The average Bonchev–Trinajstić information content (AvgIpc) is 2.46. The van der Waals surface area contributed by atoms with Gasteiger partial charge in [0.15, 0.2) is 11.5 Å². The van der Waals surface area contributed by atoms with Gasteiger partial charge in [0.1, 0.15) is 13.2 Å². The number of hydrogen-bond acceptors (Lipinski definition) is 5. The second kappa shape index (κ2) is 5.28. The quantitative estimate of drug-likeness (QED) is 0.839. The molecule has 104 valence electrons. The molecule has 0 saturated carbocycles. The number of nitrogens with zero attached hydrogens (tertiary/aromatic N) is 1. The van der Waals surface area contributed by atoms with E-state index in [0.29, 0.717) is 31.2 Å². The second-order valence-corrected chi connectivity index (χ2v) is 4.70. The Morgan fingerprint density at radius 1 is 1.25 bits per heavy atom. The number of fused-ring (bicyclic) bond motifs is 1. The van der Waals surface area contributed by atoms with Gasteiger partial charge in [-0.25, -0.2) is 0 Å². The molecule has 0 saturated heterocycles. The predicted molar refractivity (Wildman–Crippen MR) is 78.1 cm³/mol. The number of aryl methyl sites for hydroxylation is 1. The second-order valence-electron chi connectivity index (χ2n) is 4.70. The van der Waals surface area contributed by atoms with Crippen LogP contribution in [0.5, 0.6) is 11.5 Å². The fourth-order valence-corrected chi connectivity index (χ4v) is 2.14. The van der Waals surface area contributed by atoms with Crippen LogP contribution in [-0.2, 0) is 6.54 Å². The number of anilines is 2. The number of rotatable bonds is 3. The van der Waals surface area contributed by atoms with Crippen molar-refractivity contribution in [3.05, 3.63) is 41.7 Å². The van der Waals surface area contributed by atoms with Crippen molar-refractivity contribution < 1.29 is 9.47 Å². The van der Waals surface area contributed by atoms with Crippen molar-refractivity contribution in [1.29, 1.82) is 0 Å². The zero-order valence-corrected chi connectivity index (χ0v) is 11.3. The van der Waals surface area contributed by atoms with Crippen molar-refractivity contribution in [1.82, 2.24) is 4.98 Å². The van der Waals surface area contributed by atoms with Crippen LogP contribution in [0.3, 0.4) is 0 Å². The standard InChI is InChI=1S/C15H17N3O2/c1-10-3-2-4-17-13(10)9-18-12-8-15-14(7-11(12)16)19-5-6-20-15/h2-4,7-8,18H,5-6,9,16H2,1H3. The van der Waals surface area contributed by atoms with Crippen LogP contribution < -0.4 is 20.5 Å². The summed E-state index contributed by atoms with van der Waals surface area (Å²) >= 11 is 0. The lowest BCUT2D eigenvalue weighted by Crippen LogP contribution is -2.16. The Bertz CT molecular complexity index is 629. The van der Waals surface area contributed by atoms with E-state index in [1.165, 1.54) is 0 Å². The first-order chi connectivity index (χ1) is 9.74. The summed E-state index contributed by atoms with van der Waals surface area (Å²) in [6.07, 6.45) is 1.79. The summed E-state index contributed by atoms with van der Waals surface area (Å²) in [5.74, 6) is 1.43. The third kappa shape index (κ3) is 2.47. The Balaban J connectivity index is 1.79. The molecule has 0 fully saturated rings. The van der Waals surface area contributed by atoms with Crippen LogP contribution >= 0.6 is 0 Å². The minimum Gasteiger partial charge on any atom is -0.486 e. The summed E-state index contributed by atoms with van der Waals surface area (Å²) in [5.41, 5.74) is 9.65. The highest BCUT2D eigenvalue weighted by Gasteiger charge is 2.14. The van der Waals surface area contributed by atoms with Gasteiger partial charge in [0.2, 0.25) is 0 Å². The Morgan fingerprint density at radius 3 is 2.75 bits per heavy atom. The van der Waals surface area contributed by atoms with E-state index >= 15 is 0 Å². The molecule has 1 aliphatic heterocycles. The fraction of sp³-hybridized carbons (Fsp3) is 0.267. The topological polar surface area (TPSA) is 69.4 Å². The molecular weight excluding hydrogens is 254 g/mol. The average molecular weight is 271 g/mol. The number of nitrogen functional groups attached to an aromatic ring is 1. The van der Waals surface area contributed by atoms with Crippen LogP contribution in [0.2, 0.25) is 0 Å². The van der Waals surface area contributed by atoms with Gasteiger partial charge in [-0.3, -0.25) is 4.98 Å². The first kappa shape index (κ1) is 12.6. The monoisotopic (exact) mass is 271 g/mol. The highest BCUT2D eigenvalue weighted by Crippen LogP contribution is 2.37. The molecule has 20 heavy (non-hydrogen) atoms. The van der Waals surface area contributed by atoms with Crippen molar-refractivity contribution in [2.45, 2.75) is 13.5 Å². The van der Waals surface area contributed by atoms with Gasteiger partial charge in [0.05, 0.1) is 23.6 Å². The summed E-state index contributed by atoms with van der Waals surface area (Å²) in [7, 11) is 0. The van der Waals surface area contributed by atoms with Crippen molar-refractivity contribution in [2.24, 2.45) is 0 Å². The van der Waals surface area contributed by atoms with Gasteiger partial charge < -0.3 is 20.5 Å². The van der Waals surface area contributed by atoms with E-state index in [-0.39, 0.29) is 0 Å². The molecule has 0 aliphatic carbocycles. The lowest BCUT2D eigenvalue weighted by Gasteiger charge is -2.20. The smallest absolute Gasteiger partial charge is 0.163 e. The highest BCUT2D eigenvalue weighted by atomic mass is 16.6. The van der Waals surface area contributed by atoms with Crippen LogP contribution in [0.25, 0.3) is 0 Å². The van der Waals surface area contributed by atoms with Crippen molar-refractivity contribution in [3.63, 3.8) is 0 Å². The zero-order valence-electron chi connectivity index (χ0n) is 11.3. The zero-order chi connectivity index (χ0) is 13.9. The molecular formula is C15H17N3O2. The molecule has 0 spiro atoms. The maximum atomic E-state index is 6.03. The van der Waals surface area contributed by atoms with E-state index in [2.05, 4.69) is 10.3 Å². The molecule has 2 heterocycles. The fourth-order valence-electron chi connectivity index (χ4n) is 2.14. The number of nitrogens with two attached hydrogens (primary N) is 1. The van der Waals surface area contributed by atoms with Crippen LogP contribution in [-0.4, -0.2) is 18.2 Å². The third-order valence-corrected chi connectivity index (χ3v) is 3.28. The largest absolute Gasteiger partial charge is 0.486 e. The Hall–Kier alpha value is -2.43. The van der Waals surface area contributed by atoms with E-state index in [1.54, 1.807) is 12.3 Å². The number of benzene rings is 1. The highest BCUT2D eigenvalue weighted by molar-refractivity contribution is 5.72. The molecule has 3 N–H and O–H groups in total. The van der Waals surface area contributed by atoms with Gasteiger partial charge in [-0.2, -0.15) is 0 Å². The van der Waals surface area contributed by atoms with E-state index in [9.17, 15) is 0 Å². The molecule has 0 radical (unpaired) electrons. The summed E-state index contributed by atoms with van der Waals surface area (Å²) < 4.78 is 11.1. The first-order valence-electron chi connectivity index (χ1n) is 6.57. The Labute approximate surface area is 117 Å². The van der Waals surface area contributed by atoms with Crippen LogP contribution in [0.4, 0.5) is 11.4 Å². The molecule has 0 atom stereocenters. The molecule has 3 rings (SSSR count). The number of nitrogens with one attached hydrogen (secondary N) is 1. The molecule has 5 heteroatoms. The molecule has 1 aromatic carbocycles.